The maximum absolute atomic E-state index is 5.68. The zero-order valence-electron chi connectivity index (χ0n) is 8.18. The molecule has 0 saturated carbocycles. The van der Waals surface area contributed by atoms with Crippen LogP contribution in [0, 0.1) is 6.92 Å². The van der Waals surface area contributed by atoms with E-state index in [2.05, 4.69) is 31.3 Å². The minimum Gasteiger partial charge on any atom is -0.326 e. The third-order valence-electron chi connectivity index (χ3n) is 2.11. The van der Waals surface area contributed by atoms with Crippen molar-refractivity contribution in [3.8, 4) is 5.69 Å². The average Bonchev–Trinajstić information content (AvgIpc) is 2.69. The highest BCUT2D eigenvalue weighted by Crippen LogP contribution is 2.22. The van der Waals surface area contributed by atoms with Crippen LogP contribution in [0.3, 0.4) is 0 Å². The molecule has 1 heterocycles. The first-order chi connectivity index (χ1) is 7.22. The molecule has 0 atom stereocenters. The average molecular weight is 268 g/mol. The molecule has 0 saturated heterocycles. The quantitative estimate of drug-likeness (QED) is 0.888. The Morgan fingerprint density at radius 1 is 1.47 bits per heavy atom. The molecule has 0 unspecified atom stereocenters. The van der Waals surface area contributed by atoms with Gasteiger partial charge in [0.05, 0.1) is 5.69 Å². The normalized spacial score (nSPS) is 10.6. The van der Waals surface area contributed by atoms with Gasteiger partial charge in [0, 0.05) is 11.0 Å². The van der Waals surface area contributed by atoms with E-state index >= 15 is 0 Å². The van der Waals surface area contributed by atoms with Gasteiger partial charge in [-0.05, 0) is 35.4 Å². The van der Waals surface area contributed by atoms with E-state index in [-0.39, 0.29) is 0 Å². The molecule has 2 N–H and O–H groups in total. The fourth-order valence-electron chi connectivity index (χ4n) is 1.52. The second-order valence-electron chi connectivity index (χ2n) is 3.16. The van der Waals surface area contributed by atoms with Crippen molar-refractivity contribution in [3.05, 3.63) is 34.1 Å². The predicted octanol–water partition coefficient (Wildman–Crippen LogP) is 1.19. The van der Waals surface area contributed by atoms with E-state index in [9.17, 15) is 0 Å². The van der Waals surface area contributed by atoms with Gasteiger partial charge in [-0.3, -0.25) is 0 Å². The molecule has 0 aliphatic rings. The number of hydrogen-bond acceptors (Lipinski definition) is 4. The van der Waals surface area contributed by atoms with Crippen molar-refractivity contribution in [3.63, 3.8) is 0 Å². The van der Waals surface area contributed by atoms with Crippen LogP contribution in [0.15, 0.2) is 22.9 Å². The molecule has 2 rings (SSSR count). The van der Waals surface area contributed by atoms with Gasteiger partial charge in [-0.2, -0.15) is 0 Å². The Kier molecular flexibility index (Phi) is 2.79. The molecule has 1 aromatic carbocycles. The number of nitrogens with zero attached hydrogens (tertiary/aromatic N) is 4. The van der Waals surface area contributed by atoms with Gasteiger partial charge >= 0.3 is 0 Å². The van der Waals surface area contributed by atoms with Gasteiger partial charge in [-0.25, -0.2) is 0 Å². The lowest BCUT2D eigenvalue weighted by atomic mass is 10.1. The minimum atomic E-state index is 0.442. The lowest BCUT2D eigenvalue weighted by Crippen LogP contribution is -2.09. The van der Waals surface area contributed by atoms with Crippen molar-refractivity contribution in [1.29, 1.82) is 0 Å². The Bertz CT molecular complexity index is 466. The maximum Gasteiger partial charge on any atom is 0.162 e. The lowest BCUT2D eigenvalue weighted by Gasteiger charge is -2.10. The van der Waals surface area contributed by atoms with E-state index < -0.39 is 0 Å². The molecular formula is C9H10BrN5. The summed E-state index contributed by atoms with van der Waals surface area (Å²) in [5, 5.41) is 11.6. The number of tetrazole rings is 1. The molecule has 0 amide bonds. The molecule has 0 fully saturated rings. The second-order valence-corrected chi connectivity index (χ2v) is 4.08. The molecule has 0 spiro atoms. The molecule has 0 radical (unpaired) electrons. The van der Waals surface area contributed by atoms with Crippen LogP contribution in [0.25, 0.3) is 5.69 Å². The standard InChI is InChI=1S/C9H10BrN5/c1-6-2-8(10)3-7(4-11)9(6)15-13-5-12-14-15/h2-3,5H,4,11H2,1H3. The summed E-state index contributed by atoms with van der Waals surface area (Å²) in [5.41, 5.74) is 8.63. The molecule has 6 heteroatoms. The Morgan fingerprint density at radius 3 is 2.87 bits per heavy atom. The number of aromatic nitrogens is 4. The molecule has 1 aromatic heterocycles. The molecular weight excluding hydrogens is 258 g/mol. The summed E-state index contributed by atoms with van der Waals surface area (Å²) in [4.78, 5) is 1.49. The van der Waals surface area contributed by atoms with E-state index in [4.69, 9.17) is 5.73 Å². The molecule has 2 aromatic rings. The number of rotatable bonds is 2. The lowest BCUT2D eigenvalue weighted by molar-refractivity contribution is 0.706. The first-order valence-electron chi connectivity index (χ1n) is 4.45. The van der Waals surface area contributed by atoms with Gasteiger partial charge in [0.15, 0.2) is 6.33 Å². The summed E-state index contributed by atoms with van der Waals surface area (Å²) >= 11 is 3.43. The van der Waals surface area contributed by atoms with Crippen LogP contribution in [0.2, 0.25) is 0 Å². The van der Waals surface area contributed by atoms with Crippen molar-refractivity contribution < 1.29 is 0 Å². The first-order valence-corrected chi connectivity index (χ1v) is 5.24. The van der Waals surface area contributed by atoms with Crippen LogP contribution >= 0.6 is 15.9 Å². The van der Waals surface area contributed by atoms with Crippen LogP contribution in [-0.2, 0) is 6.54 Å². The van der Waals surface area contributed by atoms with Crippen LogP contribution in [-0.4, -0.2) is 20.2 Å². The summed E-state index contributed by atoms with van der Waals surface area (Å²) in [5.74, 6) is 0. The van der Waals surface area contributed by atoms with Crippen LogP contribution in [0.5, 0.6) is 0 Å². The van der Waals surface area contributed by atoms with Crippen LogP contribution < -0.4 is 5.73 Å². The van der Waals surface area contributed by atoms with Crippen molar-refractivity contribution in [2.24, 2.45) is 5.73 Å². The highest BCUT2D eigenvalue weighted by Gasteiger charge is 2.10. The molecule has 0 aliphatic heterocycles. The summed E-state index contributed by atoms with van der Waals surface area (Å²) < 4.78 is 1.00. The molecule has 5 nitrogen and oxygen atoms in total. The van der Waals surface area contributed by atoms with Gasteiger partial charge in [-0.1, -0.05) is 15.9 Å². The molecule has 0 aliphatic carbocycles. The summed E-state index contributed by atoms with van der Waals surface area (Å²) in [6.45, 7) is 2.43. The zero-order valence-corrected chi connectivity index (χ0v) is 9.77. The molecule has 78 valence electrons. The Balaban J connectivity index is 2.64. The number of aryl methyl sites for hydroxylation is 1. The molecule has 15 heavy (non-hydrogen) atoms. The Labute approximate surface area is 95.4 Å². The van der Waals surface area contributed by atoms with Crippen molar-refractivity contribution in [2.45, 2.75) is 13.5 Å². The van der Waals surface area contributed by atoms with E-state index in [1.807, 2.05) is 19.1 Å². The highest BCUT2D eigenvalue weighted by molar-refractivity contribution is 9.10. The second kappa shape index (κ2) is 4.08. The molecule has 0 bridgehead atoms. The van der Waals surface area contributed by atoms with E-state index in [0.29, 0.717) is 6.54 Å². The van der Waals surface area contributed by atoms with Gasteiger partial charge in [0.1, 0.15) is 0 Å². The Morgan fingerprint density at radius 2 is 2.27 bits per heavy atom. The zero-order chi connectivity index (χ0) is 10.8. The van der Waals surface area contributed by atoms with Crippen molar-refractivity contribution >= 4 is 15.9 Å². The number of halogens is 1. The SMILES string of the molecule is Cc1cc(Br)cc(CN)c1-n1ncnn1. The third kappa shape index (κ3) is 1.91. The monoisotopic (exact) mass is 267 g/mol. The fourth-order valence-corrected chi connectivity index (χ4v) is 2.14. The van der Waals surface area contributed by atoms with Gasteiger partial charge < -0.3 is 5.73 Å². The predicted molar refractivity (Wildman–Crippen MR) is 59.5 cm³/mol. The summed E-state index contributed by atoms with van der Waals surface area (Å²) in [6.07, 6.45) is 1.40. The first kappa shape index (κ1) is 10.3. The van der Waals surface area contributed by atoms with Crippen LogP contribution in [0.4, 0.5) is 0 Å². The maximum atomic E-state index is 5.68. The fraction of sp³-hybridized carbons (Fsp3) is 0.222. The van der Waals surface area contributed by atoms with Gasteiger partial charge in [0.25, 0.3) is 0 Å². The van der Waals surface area contributed by atoms with E-state index in [1.54, 1.807) is 0 Å². The minimum absolute atomic E-state index is 0.442. The van der Waals surface area contributed by atoms with Crippen molar-refractivity contribution in [2.75, 3.05) is 0 Å². The van der Waals surface area contributed by atoms with E-state index in [0.717, 1.165) is 21.3 Å². The van der Waals surface area contributed by atoms with E-state index in [1.165, 1.54) is 11.1 Å². The van der Waals surface area contributed by atoms with Crippen LogP contribution in [0.1, 0.15) is 11.1 Å². The largest absolute Gasteiger partial charge is 0.326 e. The topological polar surface area (TPSA) is 69.6 Å². The van der Waals surface area contributed by atoms with Gasteiger partial charge in [0.2, 0.25) is 0 Å². The third-order valence-corrected chi connectivity index (χ3v) is 2.57. The summed E-state index contributed by atoms with van der Waals surface area (Å²) in [6, 6.07) is 3.96. The Hall–Kier alpha value is -1.27. The number of nitrogens with two attached hydrogens (primary N) is 1. The highest BCUT2D eigenvalue weighted by atomic mass is 79.9. The number of benzene rings is 1. The number of hydrogen-bond donors (Lipinski definition) is 1. The summed E-state index contributed by atoms with van der Waals surface area (Å²) in [7, 11) is 0. The smallest absolute Gasteiger partial charge is 0.162 e. The van der Waals surface area contributed by atoms with Crippen molar-refractivity contribution in [1.82, 2.24) is 20.2 Å². The van der Waals surface area contributed by atoms with Gasteiger partial charge in [-0.15, -0.1) is 15.0 Å².